The van der Waals surface area contributed by atoms with Gasteiger partial charge in [-0.1, -0.05) is 19.8 Å². The topological polar surface area (TPSA) is 66.6 Å². The average Bonchev–Trinajstić information content (AvgIpc) is 2.40. The van der Waals surface area contributed by atoms with Crippen LogP contribution in [0.25, 0.3) is 0 Å². The van der Waals surface area contributed by atoms with Gasteiger partial charge in [-0.25, -0.2) is 9.18 Å². The molecule has 0 spiro atoms. The van der Waals surface area contributed by atoms with E-state index in [2.05, 4.69) is 6.92 Å². The molecule has 1 aromatic carbocycles. The molecule has 0 aliphatic heterocycles. The van der Waals surface area contributed by atoms with Crippen LogP contribution in [0.15, 0.2) is 12.1 Å². The minimum Gasteiger partial charge on any atom is -0.478 e. The molecule has 1 aromatic rings. The van der Waals surface area contributed by atoms with E-state index in [1.165, 1.54) is 18.6 Å². The van der Waals surface area contributed by atoms with Crippen molar-refractivity contribution in [1.29, 1.82) is 0 Å². The molecule has 2 unspecified atom stereocenters. The average molecular weight is 280 g/mol. The van der Waals surface area contributed by atoms with Crippen LogP contribution in [0.3, 0.4) is 0 Å². The van der Waals surface area contributed by atoms with Crippen LogP contribution in [-0.4, -0.2) is 24.2 Å². The third-order valence-electron chi connectivity index (χ3n) is 4.18. The van der Waals surface area contributed by atoms with Crippen molar-refractivity contribution in [1.82, 2.24) is 0 Å². The zero-order chi connectivity index (χ0) is 14.9. The van der Waals surface area contributed by atoms with Crippen LogP contribution in [0.4, 0.5) is 15.8 Å². The number of carboxylic acids is 1. The molecular weight excluding hydrogens is 259 g/mol. The summed E-state index contributed by atoms with van der Waals surface area (Å²) in [5.74, 6) is -1.38. The molecule has 1 aliphatic carbocycles. The van der Waals surface area contributed by atoms with Crippen LogP contribution >= 0.6 is 0 Å². The molecule has 0 saturated heterocycles. The van der Waals surface area contributed by atoms with E-state index in [0.717, 1.165) is 19.3 Å². The molecule has 5 heteroatoms. The molecule has 0 bridgehead atoms. The molecule has 2 rings (SSSR count). The molecule has 1 fully saturated rings. The lowest BCUT2D eigenvalue weighted by molar-refractivity contribution is 0.0692. The largest absolute Gasteiger partial charge is 0.478 e. The lowest BCUT2D eigenvalue weighted by atomic mass is 9.86. The van der Waals surface area contributed by atoms with Gasteiger partial charge in [0, 0.05) is 19.2 Å². The number of anilines is 2. The SMILES string of the molecule is CC1CCCC(N(C)c2cc(F)c(C(=O)O)cc2N)C1. The maximum atomic E-state index is 13.8. The van der Waals surface area contributed by atoms with Crippen LogP contribution in [0.1, 0.15) is 43.0 Å². The third-order valence-corrected chi connectivity index (χ3v) is 4.18. The summed E-state index contributed by atoms with van der Waals surface area (Å²) in [4.78, 5) is 12.9. The predicted molar refractivity (Wildman–Crippen MR) is 77.6 cm³/mol. The van der Waals surface area contributed by atoms with Gasteiger partial charge in [-0.2, -0.15) is 0 Å². The predicted octanol–water partition coefficient (Wildman–Crippen LogP) is 3.12. The summed E-state index contributed by atoms with van der Waals surface area (Å²) in [6, 6.07) is 2.77. The number of nitrogens with zero attached hydrogens (tertiary/aromatic N) is 1. The van der Waals surface area contributed by atoms with Crippen molar-refractivity contribution < 1.29 is 14.3 Å². The number of benzene rings is 1. The van der Waals surface area contributed by atoms with Crippen molar-refractivity contribution in [2.45, 2.75) is 38.6 Å². The summed E-state index contributed by atoms with van der Waals surface area (Å²) in [7, 11) is 1.90. The number of carbonyl (C=O) groups is 1. The Kier molecular flexibility index (Phi) is 4.16. The van der Waals surface area contributed by atoms with Crippen LogP contribution in [0.2, 0.25) is 0 Å². The Balaban J connectivity index is 2.28. The summed E-state index contributed by atoms with van der Waals surface area (Å²) < 4.78 is 13.8. The molecule has 2 atom stereocenters. The summed E-state index contributed by atoms with van der Waals surface area (Å²) in [5.41, 5.74) is 6.41. The first-order chi connectivity index (χ1) is 9.40. The van der Waals surface area contributed by atoms with Crippen LogP contribution in [-0.2, 0) is 0 Å². The van der Waals surface area contributed by atoms with Gasteiger partial charge in [0.2, 0.25) is 0 Å². The van der Waals surface area contributed by atoms with E-state index in [0.29, 0.717) is 23.3 Å². The van der Waals surface area contributed by atoms with Crippen molar-refractivity contribution in [3.63, 3.8) is 0 Å². The minimum atomic E-state index is -1.30. The zero-order valence-corrected chi connectivity index (χ0v) is 11.9. The van der Waals surface area contributed by atoms with Crippen molar-refractivity contribution in [2.75, 3.05) is 17.7 Å². The Morgan fingerprint density at radius 2 is 2.15 bits per heavy atom. The molecule has 4 nitrogen and oxygen atoms in total. The first-order valence-corrected chi connectivity index (χ1v) is 6.95. The Hall–Kier alpha value is -1.78. The second-order valence-electron chi connectivity index (χ2n) is 5.73. The van der Waals surface area contributed by atoms with Gasteiger partial charge in [0.05, 0.1) is 16.9 Å². The van der Waals surface area contributed by atoms with Crippen LogP contribution in [0.5, 0.6) is 0 Å². The molecule has 20 heavy (non-hydrogen) atoms. The summed E-state index contributed by atoms with van der Waals surface area (Å²) in [5, 5.41) is 8.89. The van der Waals surface area contributed by atoms with Crippen LogP contribution < -0.4 is 10.6 Å². The Morgan fingerprint density at radius 3 is 2.75 bits per heavy atom. The smallest absolute Gasteiger partial charge is 0.338 e. The number of rotatable bonds is 3. The van der Waals surface area contributed by atoms with Gasteiger partial charge >= 0.3 is 5.97 Å². The van der Waals surface area contributed by atoms with E-state index in [1.54, 1.807) is 0 Å². The van der Waals surface area contributed by atoms with Gasteiger partial charge in [-0.05, 0) is 24.8 Å². The van der Waals surface area contributed by atoms with Gasteiger partial charge < -0.3 is 15.7 Å². The first kappa shape index (κ1) is 14.6. The highest BCUT2D eigenvalue weighted by Crippen LogP contribution is 2.33. The third kappa shape index (κ3) is 2.86. The Labute approximate surface area is 118 Å². The molecule has 1 aliphatic rings. The fourth-order valence-electron chi connectivity index (χ4n) is 3.00. The number of aromatic carboxylic acids is 1. The molecule has 3 N–H and O–H groups in total. The maximum absolute atomic E-state index is 13.8. The highest BCUT2D eigenvalue weighted by atomic mass is 19.1. The summed E-state index contributed by atoms with van der Waals surface area (Å²) >= 11 is 0. The number of nitrogen functional groups attached to an aromatic ring is 1. The quantitative estimate of drug-likeness (QED) is 0.835. The molecule has 0 aromatic heterocycles. The van der Waals surface area contributed by atoms with Gasteiger partial charge in [-0.3, -0.25) is 0 Å². The van der Waals surface area contributed by atoms with Gasteiger partial charge in [0.25, 0.3) is 0 Å². The normalized spacial score (nSPS) is 22.6. The zero-order valence-electron chi connectivity index (χ0n) is 11.9. The standard InChI is InChI=1S/C15H21FN2O2/c1-9-4-3-5-10(6-9)18(2)14-8-12(16)11(15(19)20)7-13(14)17/h7-10H,3-6,17H2,1-2H3,(H,19,20). The molecule has 0 amide bonds. The molecule has 0 radical (unpaired) electrons. The van der Waals surface area contributed by atoms with E-state index in [9.17, 15) is 9.18 Å². The number of hydrogen-bond donors (Lipinski definition) is 2. The maximum Gasteiger partial charge on any atom is 0.338 e. The summed E-state index contributed by atoms with van der Waals surface area (Å²) in [6.45, 7) is 2.22. The number of hydrogen-bond acceptors (Lipinski definition) is 3. The van der Waals surface area contributed by atoms with Crippen molar-refractivity contribution in [3.05, 3.63) is 23.5 Å². The number of carboxylic acid groups (broad SMARTS) is 1. The van der Waals surface area contributed by atoms with Crippen molar-refractivity contribution in [3.8, 4) is 0 Å². The Bertz CT molecular complexity index is 519. The molecule has 110 valence electrons. The van der Waals surface area contributed by atoms with E-state index in [-0.39, 0.29) is 5.56 Å². The second-order valence-corrected chi connectivity index (χ2v) is 5.73. The second kappa shape index (κ2) is 5.69. The van der Waals surface area contributed by atoms with E-state index in [1.807, 2.05) is 11.9 Å². The lowest BCUT2D eigenvalue weighted by Crippen LogP contribution is -2.36. The fraction of sp³-hybridized carbons (Fsp3) is 0.533. The van der Waals surface area contributed by atoms with E-state index < -0.39 is 11.8 Å². The van der Waals surface area contributed by atoms with Gasteiger partial charge in [0.15, 0.2) is 0 Å². The van der Waals surface area contributed by atoms with E-state index in [4.69, 9.17) is 10.8 Å². The lowest BCUT2D eigenvalue weighted by Gasteiger charge is -2.36. The molecular formula is C15H21FN2O2. The van der Waals surface area contributed by atoms with Gasteiger partial charge in [0.1, 0.15) is 5.82 Å². The minimum absolute atomic E-state index is 0.310. The number of halogens is 1. The van der Waals surface area contributed by atoms with Gasteiger partial charge in [-0.15, -0.1) is 0 Å². The highest BCUT2D eigenvalue weighted by Gasteiger charge is 2.25. The monoisotopic (exact) mass is 280 g/mol. The van der Waals surface area contributed by atoms with Crippen molar-refractivity contribution >= 4 is 17.3 Å². The fourth-order valence-corrected chi connectivity index (χ4v) is 3.00. The molecule has 1 saturated carbocycles. The highest BCUT2D eigenvalue weighted by molar-refractivity contribution is 5.91. The first-order valence-electron chi connectivity index (χ1n) is 6.95. The van der Waals surface area contributed by atoms with Crippen molar-refractivity contribution in [2.24, 2.45) is 5.92 Å². The van der Waals surface area contributed by atoms with Crippen LogP contribution in [0, 0.1) is 11.7 Å². The Morgan fingerprint density at radius 1 is 1.45 bits per heavy atom. The number of nitrogens with two attached hydrogens (primary N) is 1. The molecule has 0 heterocycles. The summed E-state index contributed by atoms with van der Waals surface area (Å²) in [6.07, 6.45) is 4.50. The van der Waals surface area contributed by atoms with E-state index >= 15 is 0 Å².